The van der Waals surface area contributed by atoms with E-state index in [4.69, 9.17) is 0 Å². The maximum absolute atomic E-state index is 13.9. The van der Waals surface area contributed by atoms with Crippen molar-refractivity contribution in [2.45, 2.75) is 12.5 Å². The Bertz CT molecular complexity index is 879. The van der Waals surface area contributed by atoms with Crippen molar-refractivity contribution in [3.8, 4) is 5.69 Å². The second-order valence-electron chi connectivity index (χ2n) is 5.58. The second-order valence-corrected chi connectivity index (χ2v) is 5.58. The van der Waals surface area contributed by atoms with Crippen LogP contribution in [-0.4, -0.2) is 15.6 Å². The lowest BCUT2D eigenvalue weighted by molar-refractivity contribution is -0.118. The molecular weight excluding hydrogens is 326 g/mol. The lowest BCUT2D eigenvalue weighted by atomic mass is 10.1. The van der Waals surface area contributed by atoms with E-state index in [1.54, 1.807) is 23.0 Å². The van der Waals surface area contributed by atoms with Gasteiger partial charge in [0.1, 0.15) is 11.6 Å². The van der Waals surface area contributed by atoms with Crippen LogP contribution in [-0.2, 0) is 4.79 Å². The number of hydrogen-bond acceptors (Lipinski definition) is 2. The first kappa shape index (κ1) is 16.9. The highest BCUT2D eigenvalue weighted by Crippen LogP contribution is 2.22. The van der Waals surface area contributed by atoms with Gasteiger partial charge in [-0.2, -0.15) is 0 Å². The monoisotopic (exact) mass is 342 g/mol. The molecular formula is C19H16F2N2O2. The number of aliphatic hydroxyl groups excluding tert-OH is 1. The number of benzene rings is 2. The summed E-state index contributed by atoms with van der Waals surface area (Å²) in [5, 5.41) is 12.5. The summed E-state index contributed by atoms with van der Waals surface area (Å²) in [4.78, 5) is 12.1. The first-order valence-corrected chi connectivity index (χ1v) is 7.69. The highest BCUT2D eigenvalue weighted by atomic mass is 19.1. The van der Waals surface area contributed by atoms with Gasteiger partial charge >= 0.3 is 0 Å². The van der Waals surface area contributed by atoms with Crippen LogP contribution in [0.4, 0.5) is 14.5 Å². The number of amides is 1. The van der Waals surface area contributed by atoms with Crippen molar-refractivity contribution < 1.29 is 18.7 Å². The summed E-state index contributed by atoms with van der Waals surface area (Å²) in [6.07, 6.45) is 2.11. The van der Waals surface area contributed by atoms with Crippen molar-refractivity contribution >= 4 is 11.6 Å². The third-order valence-electron chi connectivity index (χ3n) is 3.74. The Morgan fingerprint density at radius 2 is 1.84 bits per heavy atom. The topological polar surface area (TPSA) is 54.3 Å². The summed E-state index contributed by atoms with van der Waals surface area (Å²) < 4.78 is 28.9. The average molecular weight is 342 g/mol. The minimum atomic E-state index is -1.17. The highest BCUT2D eigenvalue weighted by Gasteiger charge is 2.15. The first-order chi connectivity index (χ1) is 12.0. The standard InChI is InChI=1S/C19H16F2N2O2/c20-14-5-3-4-13(10-14)18(24)12-19(25)22-17-11-15(6-7-16(17)21)23-8-1-2-9-23/h1-11,18,24H,12H2,(H,22,25). The fourth-order valence-electron chi connectivity index (χ4n) is 2.48. The van der Waals surface area contributed by atoms with Crippen molar-refractivity contribution in [1.29, 1.82) is 0 Å². The summed E-state index contributed by atoms with van der Waals surface area (Å²) in [6.45, 7) is 0. The van der Waals surface area contributed by atoms with Gasteiger partial charge in [-0.3, -0.25) is 4.79 Å². The molecule has 1 heterocycles. The average Bonchev–Trinajstić information content (AvgIpc) is 3.11. The van der Waals surface area contributed by atoms with Gasteiger partial charge in [-0.05, 0) is 48.0 Å². The predicted octanol–water partition coefficient (Wildman–Crippen LogP) is 3.82. The number of aliphatic hydroxyl groups is 1. The number of carbonyl (C=O) groups excluding carboxylic acids is 1. The molecule has 6 heteroatoms. The molecule has 0 saturated heterocycles. The molecule has 4 nitrogen and oxygen atoms in total. The molecule has 0 aliphatic carbocycles. The Balaban J connectivity index is 1.71. The fraction of sp³-hybridized carbons (Fsp3) is 0.105. The Hall–Kier alpha value is -2.99. The molecule has 1 atom stereocenters. The van der Waals surface area contributed by atoms with Crippen LogP contribution in [0, 0.1) is 11.6 Å². The van der Waals surface area contributed by atoms with E-state index in [0.717, 1.165) is 6.07 Å². The van der Waals surface area contributed by atoms with Gasteiger partial charge in [0.05, 0.1) is 18.2 Å². The molecule has 25 heavy (non-hydrogen) atoms. The third-order valence-corrected chi connectivity index (χ3v) is 3.74. The summed E-state index contributed by atoms with van der Waals surface area (Å²) in [7, 11) is 0. The number of anilines is 1. The van der Waals surface area contributed by atoms with Crippen LogP contribution in [0.25, 0.3) is 5.69 Å². The number of halogens is 2. The van der Waals surface area contributed by atoms with Gasteiger partial charge in [-0.15, -0.1) is 0 Å². The van der Waals surface area contributed by atoms with E-state index in [1.165, 1.54) is 30.3 Å². The molecule has 1 aromatic heterocycles. The molecule has 1 unspecified atom stereocenters. The molecule has 0 saturated carbocycles. The first-order valence-electron chi connectivity index (χ1n) is 7.69. The van der Waals surface area contributed by atoms with Crippen LogP contribution in [0.15, 0.2) is 67.0 Å². The summed E-state index contributed by atoms with van der Waals surface area (Å²) in [5.74, 6) is -1.65. The van der Waals surface area contributed by atoms with E-state index < -0.39 is 23.6 Å². The number of carbonyl (C=O) groups is 1. The van der Waals surface area contributed by atoms with Gasteiger partial charge < -0.3 is 15.0 Å². The van der Waals surface area contributed by atoms with Crippen LogP contribution in [0.5, 0.6) is 0 Å². The van der Waals surface area contributed by atoms with Crippen LogP contribution in [0.2, 0.25) is 0 Å². The zero-order valence-electron chi connectivity index (χ0n) is 13.2. The predicted molar refractivity (Wildman–Crippen MR) is 90.3 cm³/mol. The molecule has 2 aromatic carbocycles. The van der Waals surface area contributed by atoms with E-state index in [0.29, 0.717) is 5.69 Å². The fourth-order valence-corrected chi connectivity index (χ4v) is 2.48. The van der Waals surface area contributed by atoms with Crippen LogP contribution < -0.4 is 5.32 Å². The Morgan fingerprint density at radius 3 is 2.56 bits per heavy atom. The van der Waals surface area contributed by atoms with Crippen LogP contribution in [0.3, 0.4) is 0 Å². The minimum absolute atomic E-state index is 0.0163. The van der Waals surface area contributed by atoms with E-state index >= 15 is 0 Å². The zero-order valence-corrected chi connectivity index (χ0v) is 13.2. The second kappa shape index (κ2) is 7.27. The lowest BCUT2D eigenvalue weighted by Gasteiger charge is -2.13. The van der Waals surface area contributed by atoms with E-state index in [-0.39, 0.29) is 17.7 Å². The molecule has 0 fully saturated rings. The quantitative estimate of drug-likeness (QED) is 0.741. The van der Waals surface area contributed by atoms with Gasteiger partial charge in [-0.1, -0.05) is 12.1 Å². The summed E-state index contributed by atoms with van der Waals surface area (Å²) in [6, 6.07) is 13.4. The molecule has 2 N–H and O–H groups in total. The molecule has 3 aromatic rings. The third kappa shape index (κ3) is 4.10. The van der Waals surface area contributed by atoms with Gasteiger partial charge in [0.25, 0.3) is 0 Å². The van der Waals surface area contributed by atoms with Crippen molar-refractivity contribution in [3.05, 3.63) is 84.2 Å². The molecule has 0 bridgehead atoms. The molecule has 128 valence electrons. The van der Waals surface area contributed by atoms with Crippen molar-refractivity contribution in [3.63, 3.8) is 0 Å². The normalized spacial score (nSPS) is 12.0. The maximum atomic E-state index is 13.9. The van der Waals surface area contributed by atoms with Gasteiger partial charge in [-0.25, -0.2) is 8.78 Å². The maximum Gasteiger partial charge on any atom is 0.227 e. The van der Waals surface area contributed by atoms with Crippen molar-refractivity contribution in [1.82, 2.24) is 4.57 Å². The Morgan fingerprint density at radius 1 is 1.08 bits per heavy atom. The molecule has 1 amide bonds. The largest absolute Gasteiger partial charge is 0.388 e. The molecule has 0 spiro atoms. The summed E-state index contributed by atoms with van der Waals surface area (Å²) >= 11 is 0. The number of hydrogen-bond donors (Lipinski definition) is 2. The van der Waals surface area contributed by atoms with E-state index in [2.05, 4.69) is 5.32 Å². The van der Waals surface area contributed by atoms with E-state index in [1.807, 2.05) is 12.1 Å². The SMILES string of the molecule is O=C(CC(O)c1cccc(F)c1)Nc1cc(-n2cccc2)ccc1F. The van der Waals surface area contributed by atoms with Crippen molar-refractivity contribution in [2.75, 3.05) is 5.32 Å². The molecule has 0 aliphatic rings. The molecule has 3 rings (SSSR count). The van der Waals surface area contributed by atoms with Gasteiger partial charge in [0.2, 0.25) is 5.91 Å². The minimum Gasteiger partial charge on any atom is -0.388 e. The number of rotatable bonds is 5. The van der Waals surface area contributed by atoms with Crippen LogP contribution in [0.1, 0.15) is 18.1 Å². The lowest BCUT2D eigenvalue weighted by Crippen LogP contribution is -2.16. The number of nitrogens with one attached hydrogen (secondary N) is 1. The van der Waals surface area contributed by atoms with Gasteiger partial charge in [0.15, 0.2) is 0 Å². The Labute approximate surface area is 143 Å². The summed E-state index contributed by atoms with van der Waals surface area (Å²) in [5.41, 5.74) is 0.992. The molecule has 0 radical (unpaired) electrons. The van der Waals surface area contributed by atoms with E-state index in [9.17, 15) is 18.7 Å². The molecule has 0 aliphatic heterocycles. The van der Waals surface area contributed by atoms with Crippen molar-refractivity contribution in [2.24, 2.45) is 0 Å². The zero-order chi connectivity index (χ0) is 17.8. The smallest absolute Gasteiger partial charge is 0.227 e. The van der Waals surface area contributed by atoms with Crippen LogP contribution >= 0.6 is 0 Å². The number of nitrogens with zero attached hydrogens (tertiary/aromatic N) is 1. The van der Waals surface area contributed by atoms with Gasteiger partial charge in [0, 0.05) is 18.1 Å². The number of aromatic nitrogens is 1. The highest BCUT2D eigenvalue weighted by molar-refractivity contribution is 5.91. The Kier molecular flexibility index (Phi) is 4.90.